The van der Waals surface area contributed by atoms with Crippen LogP contribution in [0.25, 0.3) is 0 Å². The molecule has 1 unspecified atom stereocenters. The number of hydrogen-bond acceptors (Lipinski definition) is 6. The number of alkyl halides is 1. The molecule has 1 atom stereocenters. The molecule has 0 radical (unpaired) electrons. The molecule has 5 amide bonds. The molecule has 4 rings (SSSR count). The highest BCUT2D eigenvalue weighted by molar-refractivity contribution is 14.1. The summed E-state index contributed by atoms with van der Waals surface area (Å²) in [6, 6.07) is 11.1. The molecule has 13 heteroatoms. The number of fused-ring (bicyclic) bond motifs is 1. The van der Waals surface area contributed by atoms with E-state index in [9.17, 15) is 14.4 Å². The lowest BCUT2D eigenvalue weighted by Gasteiger charge is -2.27. The summed E-state index contributed by atoms with van der Waals surface area (Å²) in [6.07, 6.45) is 2.12. The van der Waals surface area contributed by atoms with E-state index < -0.39 is 18.0 Å². The Hall–Kier alpha value is -3.28. The number of halogens is 2. The zero-order chi connectivity index (χ0) is 30.2. The smallest absolute Gasteiger partial charge is 0.327 e. The monoisotopic (exact) mass is 708 g/mol. The molecular formula is C29H34ClIN6O5. The number of hydrogen-bond donors (Lipinski definition) is 3. The second kappa shape index (κ2) is 14.8. The van der Waals surface area contributed by atoms with E-state index in [-0.39, 0.29) is 28.9 Å². The number of rotatable bonds is 12. The fourth-order valence-electron chi connectivity index (χ4n) is 4.32. The average molecular weight is 709 g/mol. The van der Waals surface area contributed by atoms with E-state index in [1.165, 1.54) is 12.1 Å². The third kappa shape index (κ3) is 8.62. The molecule has 42 heavy (non-hydrogen) atoms. The van der Waals surface area contributed by atoms with Crippen LogP contribution in [0.15, 0.2) is 36.4 Å². The van der Waals surface area contributed by atoms with Crippen molar-refractivity contribution >= 4 is 69.2 Å². The summed E-state index contributed by atoms with van der Waals surface area (Å²) in [5, 5.41) is 17.4. The van der Waals surface area contributed by atoms with Crippen LogP contribution in [0.3, 0.4) is 0 Å². The number of nitrogens with one attached hydrogen (secondary N) is 3. The molecule has 0 aromatic heterocycles. The van der Waals surface area contributed by atoms with Crippen LogP contribution in [0, 0.1) is 23.2 Å². The van der Waals surface area contributed by atoms with Crippen LogP contribution < -0.4 is 25.6 Å². The van der Waals surface area contributed by atoms with E-state index >= 15 is 0 Å². The Balaban J connectivity index is 1.38. The topological polar surface area (TPSA) is 136 Å². The normalized spacial score (nSPS) is 15.3. The molecule has 2 aliphatic rings. The molecule has 1 saturated carbocycles. The lowest BCUT2D eigenvalue weighted by atomic mass is 10.1. The Bertz CT molecular complexity index is 1350. The van der Waals surface area contributed by atoms with Gasteiger partial charge in [-0.1, -0.05) is 48.0 Å². The summed E-state index contributed by atoms with van der Waals surface area (Å²) in [5.74, 6) is 0.981. The highest BCUT2D eigenvalue weighted by Gasteiger charge is 2.33. The molecule has 1 aliphatic carbocycles. The van der Waals surface area contributed by atoms with Gasteiger partial charge in [-0.15, -0.1) is 0 Å². The number of ether oxygens (including phenoxy) is 2. The first-order valence-corrected chi connectivity index (χ1v) is 15.6. The summed E-state index contributed by atoms with van der Waals surface area (Å²) in [6.45, 7) is 5.52. The van der Waals surface area contributed by atoms with Crippen molar-refractivity contribution in [3.63, 3.8) is 0 Å². The second-order valence-corrected chi connectivity index (χ2v) is 11.7. The van der Waals surface area contributed by atoms with Gasteiger partial charge in [0.05, 0.1) is 27.4 Å². The molecule has 11 nitrogen and oxygen atoms in total. The molecule has 2 aromatic carbocycles. The van der Waals surface area contributed by atoms with Crippen LogP contribution in [0.1, 0.15) is 38.7 Å². The predicted octanol–water partition coefficient (Wildman–Crippen LogP) is 5.78. The maximum atomic E-state index is 13.4. The van der Waals surface area contributed by atoms with Crippen molar-refractivity contribution in [1.29, 1.82) is 5.26 Å². The largest absolute Gasteiger partial charge is 0.471 e. The van der Waals surface area contributed by atoms with Gasteiger partial charge in [-0.25, -0.2) is 9.59 Å². The minimum Gasteiger partial charge on any atom is -0.471 e. The highest BCUT2D eigenvalue weighted by Crippen LogP contribution is 2.37. The van der Waals surface area contributed by atoms with Crippen molar-refractivity contribution in [3.05, 3.63) is 47.0 Å². The summed E-state index contributed by atoms with van der Waals surface area (Å²) >= 11 is 8.03. The van der Waals surface area contributed by atoms with Gasteiger partial charge in [-0.3, -0.25) is 14.6 Å². The van der Waals surface area contributed by atoms with E-state index in [2.05, 4.69) is 29.8 Å². The quantitative estimate of drug-likeness (QED) is 0.189. The molecule has 1 fully saturated rings. The van der Waals surface area contributed by atoms with E-state index in [0.29, 0.717) is 53.3 Å². The third-order valence-electron chi connectivity index (χ3n) is 6.85. The maximum absolute atomic E-state index is 13.4. The Morgan fingerprint density at radius 1 is 1.19 bits per heavy atom. The zero-order valence-corrected chi connectivity index (χ0v) is 26.4. The summed E-state index contributed by atoms with van der Waals surface area (Å²) in [5.41, 5.74) is 1.83. The van der Waals surface area contributed by atoms with Crippen LogP contribution >= 0.6 is 34.2 Å². The molecule has 0 saturated heterocycles. The van der Waals surface area contributed by atoms with E-state index in [4.69, 9.17) is 26.3 Å². The first kappa shape index (κ1) is 31.7. The number of carbonyl (C=O) groups is 3. The summed E-state index contributed by atoms with van der Waals surface area (Å²) in [7, 11) is 0. The zero-order valence-electron chi connectivity index (χ0n) is 23.5. The first-order chi connectivity index (χ1) is 20.2. The van der Waals surface area contributed by atoms with E-state index in [1.807, 2.05) is 28.7 Å². The van der Waals surface area contributed by atoms with Crippen LogP contribution in [-0.2, 0) is 9.53 Å². The minimum atomic E-state index is -0.976. The molecule has 0 spiro atoms. The number of anilines is 3. The molecule has 0 bridgehead atoms. The number of amides is 5. The van der Waals surface area contributed by atoms with Crippen molar-refractivity contribution in [2.75, 3.05) is 46.5 Å². The summed E-state index contributed by atoms with van der Waals surface area (Å²) in [4.78, 5) is 42.5. The predicted molar refractivity (Wildman–Crippen MR) is 169 cm³/mol. The SMILES string of the molecule is CC(C)CCN1C(=O)N(CC2CC2)COc2cc(NC(=O)NCC(OCI)C(=O)Nc3ccc(C#N)c(Cl)c3)ccc21. The molecular weight excluding hydrogens is 675 g/mol. The molecule has 1 heterocycles. The second-order valence-electron chi connectivity index (χ2n) is 10.6. The number of nitrogens with zero attached hydrogens (tertiary/aromatic N) is 3. The lowest BCUT2D eigenvalue weighted by Crippen LogP contribution is -2.44. The molecule has 2 aromatic rings. The molecule has 1 aliphatic heterocycles. The van der Waals surface area contributed by atoms with Gasteiger partial charge in [0.15, 0.2) is 12.8 Å². The van der Waals surface area contributed by atoms with Crippen molar-refractivity contribution in [2.24, 2.45) is 11.8 Å². The van der Waals surface area contributed by atoms with Crippen LogP contribution in [0.4, 0.5) is 26.7 Å². The Morgan fingerprint density at radius 3 is 2.60 bits per heavy atom. The van der Waals surface area contributed by atoms with Gasteiger partial charge >= 0.3 is 12.1 Å². The fraction of sp³-hybridized carbons (Fsp3) is 0.448. The van der Waals surface area contributed by atoms with Crippen LogP contribution in [-0.4, -0.2) is 60.0 Å². The fourth-order valence-corrected chi connectivity index (χ4v) is 4.98. The maximum Gasteiger partial charge on any atom is 0.327 e. The van der Waals surface area contributed by atoms with Gasteiger partial charge in [0.2, 0.25) is 0 Å². The van der Waals surface area contributed by atoms with Crippen molar-refractivity contribution < 1.29 is 23.9 Å². The van der Waals surface area contributed by atoms with Gasteiger partial charge < -0.3 is 25.4 Å². The van der Waals surface area contributed by atoms with Gasteiger partial charge in [-0.2, -0.15) is 5.26 Å². The Labute approximate surface area is 264 Å². The number of benzene rings is 2. The average Bonchev–Trinajstić information content (AvgIpc) is 3.79. The Kier molecular flexibility index (Phi) is 11.1. The van der Waals surface area contributed by atoms with E-state index in [0.717, 1.165) is 19.3 Å². The van der Waals surface area contributed by atoms with Gasteiger partial charge in [0.1, 0.15) is 11.8 Å². The van der Waals surface area contributed by atoms with Gasteiger partial charge in [0, 0.05) is 30.5 Å². The first-order valence-electron chi connectivity index (χ1n) is 13.7. The molecule has 3 N–H and O–H groups in total. The van der Waals surface area contributed by atoms with Crippen LogP contribution in [0.2, 0.25) is 5.02 Å². The lowest BCUT2D eigenvalue weighted by molar-refractivity contribution is -0.125. The summed E-state index contributed by atoms with van der Waals surface area (Å²) < 4.78 is 11.8. The van der Waals surface area contributed by atoms with Crippen LogP contribution in [0.5, 0.6) is 5.75 Å². The van der Waals surface area contributed by atoms with E-state index in [1.54, 1.807) is 34.1 Å². The number of nitriles is 1. The minimum absolute atomic E-state index is 0.0670. The van der Waals surface area contributed by atoms with Gasteiger partial charge in [-0.05, 0) is 61.4 Å². The standard InChI is InChI=1S/C29H34ClIN6O5/c1-18(2)9-10-37-24-8-7-22(12-25(24)42-17-36(29(37)40)15-19-3-4-19)35-28(39)33-14-26(41-16-31)27(38)34-21-6-5-20(13-32)23(30)11-21/h5-8,11-12,18-19,26H,3-4,9-10,14-17H2,1-2H3,(H,34,38)(H2,33,35,39). The van der Waals surface area contributed by atoms with Crippen molar-refractivity contribution in [2.45, 2.75) is 39.2 Å². The third-order valence-corrected chi connectivity index (χ3v) is 7.53. The Morgan fingerprint density at radius 2 is 1.93 bits per heavy atom. The van der Waals surface area contributed by atoms with Crippen molar-refractivity contribution in [1.82, 2.24) is 10.2 Å². The van der Waals surface area contributed by atoms with Gasteiger partial charge in [0.25, 0.3) is 5.91 Å². The highest BCUT2D eigenvalue weighted by atomic mass is 127. The molecule has 224 valence electrons. The number of carbonyl (C=O) groups excluding carboxylic acids is 3. The van der Waals surface area contributed by atoms with Crippen molar-refractivity contribution in [3.8, 4) is 11.8 Å². The number of urea groups is 2.